The lowest BCUT2D eigenvalue weighted by atomic mass is 9.95. The van der Waals surface area contributed by atoms with Crippen molar-refractivity contribution in [2.45, 2.75) is 25.7 Å². The van der Waals surface area contributed by atoms with Gasteiger partial charge in [-0.15, -0.1) is 22.7 Å². The maximum atomic E-state index is 13.1. The summed E-state index contributed by atoms with van der Waals surface area (Å²) < 4.78 is 11.9. The summed E-state index contributed by atoms with van der Waals surface area (Å²) in [5.41, 5.74) is 4.01. The third-order valence-electron chi connectivity index (χ3n) is 5.54. The number of carbonyl (C=O) groups excluding carboxylic acids is 1. The van der Waals surface area contributed by atoms with Gasteiger partial charge in [-0.05, 0) is 61.6 Å². The molecule has 1 aliphatic carbocycles. The van der Waals surface area contributed by atoms with Crippen molar-refractivity contribution < 1.29 is 14.3 Å². The Hall–Kier alpha value is -2.90. The second kappa shape index (κ2) is 7.11. The first kappa shape index (κ1) is 17.9. The Balaban J connectivity index is 1.41. The zero-order valence-electron chi connectivity index (χ0n) is 16.1. The van der Waals surface area contributed by atoms with E-state index in [-0.39, 0.29) is 12.7 Å². The number of anilines is 1. The van der Waals surface area contributed by atoms with Crippen LogP contribution in [0.15, 0.2) is 42.5 Å². The van der Waals surface area contributed by atoms with Crippen molar-refractivity contribution in [2.24, 2.45) is 0 Å². The fourth-order valence-corrected chi connectivity index (χ4v) is 6.47. The fourth-order valence-electron chi connectivity index (χ4n) is 4.07. The van der Waals surface area contributed by atoms with Crippen LogP contribution in [0.3, 0.4) is 0 Å². The smallest absolute Gasteiger partial charge is 0.256 e. The Morgan fingerprint density at radius 2 is 1.87 bits per heavy atom. The molecule has 0 fully saturated rings. The number of nitrogens with one attached hydrogen (secondary N) is 1. The zero-order chi connectivity index (χ0) is 20.1. The summed E-state index contributed by atoms with van der Waals surface area (Å²) in [6, 6.07) is 13.5. The number of thiazole rings is 1. The van der Waals surface area contributed by atoms with E-state index in [9.17, 15) is 4.79 Å². The van der Waals surface area contributed by atoms with Crippen LogP contribution >= 0.6 is 22.7 Å². The lowest BCUT2D eigenvalue weighted by Crippen LogP contribution is -2.11. The second-order valence-electron chi connectivity index (χ2n) is 7.42. The van der Waals surface area contributed by atoms with Crippen LogP contribution in [0.25, 0.3) is 20.8 Å². The van der Waals surface area contributed by atoms with E-state index < -0.39 is 0 Å². The summed E-state index contributed by atoms with van der Waals surface area (Å²) in [5.74, 6) is 1.14. The molecule has 0 spiro atoms. The van der Waals surface area contributed by atoms with E-state index in [1.165, 1.54) is 23.3 Å². The van der Waals surface area contributed by atoms with Gasteiger partial charge in [0.1, 0.15) is 10.0 Å². The molecule has 0 radical (unpaired) electrons. The average Bonchev–Trinajstić information content (AvgIpc) is 3.48. The second-order valence-corrected chi connectivity index (χ2v) is 9.56. The van der Waals surface area contributed by atoms with Crippen molar-refractivity contribution >= 4 is 43.8 Å². The molecular formula is C23H18N2O3S2. The topological polar surface area (TPSA) is 60.5 Å². The van der Waals surface area contributed by atoms with Gasteiger partial charge in [0.25, 0.3) is 5.91 Å². The minimum absolute atomic E-state index is 0.144. The number of para-hydroxylation sites is 1. The summed E-state index contributed by atoms with van der Waals surface area (Å²) in [7, 11) is 0. The number of aryl methyl sites for hydroxylation is 1. The van der Waals surface area contributed by atoms with E-state index in [0.29, 0.717) is 17.1 Å². The molecule has 6 rings (SSSR count). The van der Waals surface area contributed by atoms with E-state index in [1.807, 2.05) is 18.2 Å². The molecule has 4 aromatic rings. The van der Waals surface area contributed by atoms with Crippen LogP contribution in [0.2, 0.25) is 0 Å². The van der Waals surface area contributed by atoms with Gasteiger partial charge in [0.2, 0.25) is 6.79 Å². The summed E-state index contributed by atoms with van der Waals surface area (Å²) in [6.45, 7) is 0.194. The molecule has 30 heavy (non-hydrogen) atoms. The van der Waals surface area contributed by atoms with Gasteiger partial charge in [-0.1, -0.05) is 12.1 Å². The van der Waals surface area contributed by atoms with Gasteiger partial charge >= 0.3 is 0 Å². The highest BCUT2D eigenvalue weighted by Gasteiger charge is 2.26. The van der Waals surface area contributed by atoms with Crippen molar-refractivity contribution in [3.8, 4) is 22.1 Å². The molecule has 0 unspecified atom stereocenters. The molecule has 1 N–H and O–H groups in total. The van der Waals surface area contributed by atoms with Gasteiger partial charge in [-0.2, -0.15) is 0 Å². The number of hydrogen-bond donors (Lipinski definition) is 1. The average molecular weight is 435 g/mol. The van der Waals surface area contributed by atoms with Gasteiger partial charge < -0.3 is 14.8 Å². The minimum Gasteiger partial charge on any atom is -0.454 e. The maximum Gasteiger partial charge on any atom is 0.256 e. The maximum absolute atomic E-state index is 13.1. The van der Waals surface area contributed by atoms with E-state index in [1.54, 1.807) is 40.9 Å². The number of rotatable bonds is 3. The molecule has 0 bridgehead atoms. The van der Waals surface area contributed by atoms with Crippen LogP contribution in [0.1, 0.15) is 33.6 Å². The Kier molecular flexibility index (Phi) is 4.24. The number of fused-ring (bicyclic) bond motifs is 3. The van der Waals surface area contributed by atoms with Gasteiger partial charge in [0.15, 0.2) is 11.5 Å². The first-order valence-electron chi connectivity index (χ1n) is 9.98. The predicted molar refractivity (Wildman–Crippen MR) is 120 cm³/mol. The van der Waals surface area contributed by atoms with Crippen molar-refractivity contribution in [3.63, 3.8) is 0 Å². The molecule has 2 aliphatic rings. The standard InChI is InChI=1S/C23H18N2O3S2/c26-21(13-9-10-16-17(11-13)28-12-27-16)25-23-20(14-5-1-3-7-18(14)29-23)22-24-15-6-2-4-8-19(15)30-22/h2,4,6,8-11H,1,3,5,7,12H2,(H,25,26). The lowest BCUT2D eigenvalue weighted by molar-refractivity contribution is 0.102. The molecule has 2 aromatic carbocycles. The quantitative estimate of drug-likeness (QED) is 0.437. The van der Waals surface area contributed by atoms with E-state index in [0.717, 1.165) is 38.6 Å². The van der Waals surface area contributed by atoms with Crippen LogP contribution in [-0.4, -0.2) is 17.7 Å². The molecular weight excluding hydrogens is 416 g/mol. The monoisotopic (exact) mass is 434 g/mol. The van der Waals surface area contributed by atoms with Gasteiger partial charge in [0.05, 0.1) is 10.2 Å². The molecule has 0 saturated carbocycles. The first-order valence-corrected chi connectivity index (χ1v) is 11.6. The summed E-state index contributed by atoms with van der Waals surface area (Å²) in [4.78, 5) is 19.3. The summed E-state index contributed by atoms with van der Waals surface area (Å²) in [5, 5.41) is 5.04. The van der Waals surface area contributed by atoms with Gasteiger partial charge in [-0.25, -0.2) is 4.98 Å². The number of amides is 1. The number of thiophene rings is 1. The first-order chi connectivity index (χ1) is 14.8. The van der Waals surface area contributed by atoms with E-state index in [4.69, 9.17) is 14.5 Å². The SMILES string of the molecule is O=C(Nc1sc2c(c1-c1nc3ccccc3s1)CCCC2)c1ccc2c(c1)OCO2. The molecule has 150 valence electrons. The van der Waals surface area contributed by atoms with Crippen LogP contribution in [-0.2, 0) is 12.8 Å². The molecule has 7 heteroatoms. The number of hydrogen-bond acceptors (Lipinski definition) is 6. The van der Waals surface area contributed by atoms with E-state index >= 15 is 0 Å². The van der Waals surface area contributed by atoms with Crippen molar-refractivity contribution in [2.75, 3.05) is 12.1 Å². The Morgan fingerprint density at radius 1 is 1.00 bits per heavy atom. The zero-order valence-corrected chi connectivity index (χ0v) is 17.7. The van der Waals surface area contributed by atoms with Crippen molar-refractivity contribution in [1.82, 2.24) is 4.98 Å². The largest absolute Gasteiger partial charge is 0.454 e. The molecule has 0 saturated heterocycles. The number of carbonyl (C=O) groups is 1. The molecule has 2 aromatic heterocycles. The van der Waals surface area contributed by atoms with Crippen LogP contribution in [0, 0.1) is 0 Å². The highest BCUT2D eigenvalue weighted by molar-refractivity contribution is 7.23. The molecule has 5 nitrogen and oxygen atoms in total. The highest BCUT2D eigenvalue weighted by atomic mass is 32.1. The van der Waals surface area contributed by atoms with Gasteiger partial charge in [0, 0.05) is 16.0 Å². The summed E-state index contributed by atoms with van der Waals surface area (Å²) >= 11 is 3.38. The third-order valence-corrected chi connectivity index (χ3v) is 7.80. The number of benzene rings is 2. The number of aromatic nitrogens is 1. The van der Waals surface area contributed by atoms with E-state index in [2.05, 4.69) is 11.4 Å². The Morgan fingerprint density at radius 3 is 2.80 bits per heavy atom. The molecule has 0 atom stereocenters. The normalized spacial score (nSPS) is 14.7. The Labute approximate surface area is 181 Å². The molecule has 1 amide bonds. The summed E-state index contributed by atoms with van der Waals surface area (Å²) in [6.07, 6.45) is 4.48. The predicted octanol–water partition coefficient (Wildman–Crippen LogP) is 5.88. The van der Waals surface area contributed by atoms with Crippen molar-refractivity contribution in [1.29, 1.82) is 0 Å². The van der Waals surface area contributed by atoms with Crippen molar-refractivity contribution in [3.05, 3.63) is 58.5 Å². The van der Waals surface area contributed by atoms with Crippen LogP contribution < -0.4 is 14.8 Å². The highest BCUT2D eigenvalue weighted by Crippen LogP contribution is 2.46. The number of nitrogens with zero attached hydrogens (tertiary/aromatic N) is 1. The third kappa shape index (κ3) is 2.97. The van der Waals surface area contributed by atoms with Crippen LogP contribution in [0.4, 0.5) is 5.00 Å². The number of ether oxygens (including phenoxy) is 2. The van der Waals surface area contributed by atoms with Gasteiger partial charge in [-0.3, -0.25) is 4.79 Å². The minimum atomic E-state index is -0.144. The lowest BCUT2D eigenvalue weighted by Gasteiger charge is -2.12. The van der Waals surface area contributed by atoms with Crippen LogP contribution in [0.5, 0.6) is 11.5 Å². The molecule has 3 heterocycles. The molecule has 1 aliphatic heterocycles. The fraction of sp³-hybridized carbons (Fsp3) is 0.217. The Bertz CT molecular complexity index is 1260.